The van der Waals surface area contributed by atoms with Gasteiger partial charge >= 0.3 is 12.0 Å². The minimum absolute atomic E-state index is 0.115. The normalized spacial score (nSPS) is 13.5. The summed E-state index contributed by atoms with van der Waals surface area (Å²) in [6.07, 6.45) is 0.589. The highest BCUT2D eigenvalue weighted by Crippen LogP contribution is 2.12. The Balaban J connectivity index is 2.66. The second-order valence-corrected chi connectivity index (χ2v) is 6.25. The maximum atomic E-state index is 13.0. The van der Waals surface area contributed by atoms with Gasteiger partial charge in [0.2, 0.25) is 0 Å². The predicted molar refractivity (Wildman–Crippen MR) is 86.7 cm³/mol. The molecule has 0 aliphatic heterocycles. The van der Waals surface area contributed by atoms with Crippen LogP contribution >= 0.6 is 0 Å². The lowest BCUT2D eigenvalue weighted by atomic mass is 9.96. The van der Waals surface area contributed by atoms with E-state index in [2.05, 4.69) is 5.32 Å². The first kappa shape index (κ1) is 18.9. The minimum Gasteiger partial charge on any atom is -0.481 e. The van der Waals surface area contributed by atoms with Gasteiger partial charge in [-0.05, 0) is 30.0 Å². The maximum absolute atomic E-state index is 13.0. The van der Waals surface area contributed by atoms with Crippen LogP contribution in [0.25, 0.3) is 0 Å². The van der Waals surface area contributed by atoms with Gasteiger partial charge in [-0.1, -0.05) is 32.9 Å². The van der Waals surface area contributed by atoms with Crippen molar-refractivity contribution in [3.05, 3.63) is 35.6 Å². The van der Waals surface area contributed by atoms with E-state index in [-0.39, 0.29) is 30.4 Å². The number of nitrogens with one attached hydrogen (secondary N) is 1. The molecule has 2 unspecified atom stereocenters. The zero-order valence-electron chi connectivity index (χ0n) is 14.0. The molecule has 1 rings (SSSR count). The number of aliphatic carboxylic acids is 1. The summed E-state index contributed by atoms with van der Waals surface area (Å²) in [5.74, 6) is -1.66. The Kier molecular flexibility index (Phi) is 7.00. The SMILES string of the molecule is CC(CN(C)C(=O)NC(Cc1ccc(F)cc1)C(C)C)C(=O)O. The molecule has 6 heteroatoms. The molecular formula is C17H25FN2O3. The summed E-state index contributed by atoms with van der Waals surface area (Å²) in [5, 5.41) is 11.8. The summed E-state index contributed by atoms with van der Waals surface area (Å²) in [7, 11) is 1.57. The first-order valence-electron chi connectivity index (χ1n) is 7.69. The van der Waals surface area contributed by atoms with Crippen molar-refractivity contribution >= 4 is 12.0 Å². The Bertz CT molecular complexity index is 531. The molecule has 2 atom stereocenters. The first-order chi connectivity index (χ1) is 10.7. The summed E-state index contributed by atoms with van der Waals surface area (Å²) in [4.78, 5) is 24.5. The van der Waals surface area contributed by atoms with Gasteiger partial charge in [-0.3, -0.25) is 4.79 Å². The third kappa shape index (κ3) is 6.26. The number of carboxylic acids is 1. The van der Waals surface area contributed by atoms with Crippen molar-refractivity contribution in [2.45, 2.75) is 33.2 Å². The lowest BCUT2D eigenvalue weighted by Crippen LogP contribution is -2.47. The fraction of sp³-hybridized carbons (Fsp3) is 0.529. The molecule has 0 heterocycles. The van der Waals surface area contributed by atoms with Crippen molar-refractivity contribution in [1.29, 1.82) is 0 Å². The molecule has 0 aromatic heterocycles. The topological polar surface area (TPSA) is 69.6 Å². The van der Waals surface area contributed by atoms with E-state index < -0.39 is 11.9 Å². The van der Waals surface area contributed by atoms with Crippen molar-refractivity contribution in [2.24, 2.45) is 11.8 Å². The van der Waals surface area contributed by atoms with Crippen molar-refractivity contribution in [3.63, 3.8) is 0 Å². The van der Waals surface area contributed by atoms with Crippen LogP contribution in [-0.2, 0) is 11.2 Å². The maximum Gasteiger partial charge on any atom is 0.317 e. The third-order valence-corrected chi connectivity index (χ3v) is 3.80. The number of carbonyl (C=O) groups is 2. The van der Waals surface area contributed by atoms with Gasteiger partial charge < -0.3 is 15.3 Å². The molecule has 1 aromatic rings. The van der Waals surface area contributed by atoms with E-state index in [0.717, 1.165) is 5.56 Å². The predicted octanol–water partition coefficient (Wildman–Crippen LogP) is 2.75. The highest BCUT2D eigenvalue weighted by Gasteiger charge is 2.21. The third-order valence-electron chi connectivity index (χ3n) is 3.80. The summed E-state index contributed by atoms with van der Waals surface area (Å²) >= 11 is 0. The largest absolute Gasteiger partial charge is 0.481 e. The number of rotatable bonds is 7. The van der Waals surface area contributed by atoms with Crippen molar-refractivity contribution in [3.8, 4) is 0 Å². The number of carboxylic acid groups (broad SMARTS) is 1. The van der Waals surface area contributed by atoms with E-state index in [1.54, 1.807) is 26.1 Å². The van der Waals surface area contributed by atoms with Gasteiger partial charge in [0.25, 0.3) is 0 Å². The number of amides is 2. The van der Waals surface area contributed by atoms with Gasteiger partial charge in [0, 0.05) is 19.6 Å². The summed E-state index contributed by atoms with van der Waals surface area (Å²) in [5.41, 5.74) is 0.937. The van der Waals surface area contributed by atoms with E-state index in [1.807, 2.05) is 13.8 Å². The molecule has 2 amide bonds. The van der Waals surface area contributed by atoms with Gasteiger partial charge in [-0.15, -0.1) is 0 Å². The standard InChI is InChI=1S/C17H25FN2O3/c1-11(2)15(9-13-5-7-14(18)8-6-13)19-17(23)20(4)10-12(3)16(21)22/h5-8,11-12,15H,9-10H2,1-4H3,(H,19,23)(H,21,22). The van der Waals surface area contributed by atoms with Crippen LogP contribution in [0.1, 0.15) is 26.3 Å². The number of carbonyl (C=O) groups excluding carboxylic acids is 1. The van der Waals surface area contributed by atoms with Crippen LogP contribution in [0.2, 0.25) is 0 Å². The van der Waals surface area contributed by atoms with Crippen LogP contribution in [0, 0.1) is 17.7 Å². The smallest absolute Gasteiger partial charge is 0.317 e. The van der Waals surface area contributed by atoms with Gasteiger partial charge in [0.1, 0.15) is 5.82 Å². The van der Waals surface area contributed by atoms with Crippen LogP contribution in [0.3, 0.4) is 0 Å². The second-order valence-electron chi connectivity index (χ2n) is 6.25. The van der Waals surface area contributed by atoms with Crippen molar-refractivity contribution < 1.29 is 19.1 Å². The molecule has 0 saturated heterocycles. The second kappa shape index (κ2) is 8.50. The number of halogens is 1. The van der Waals surface area contributed by atoms with Crippen LogP contribution in [0.15, 0.2) is 24.3 Å². The fourth-order valence-electron chi connectivity index (χ4n) is 2.17. The Morgan fingerprint density at radius 3 is 2.26 bits per heavy atom. The molecule has 2 N–H and O–H groups in total. The van der Waals surface area contributed by atoms with Crippen molar-refractivity contribution in [2.75, 3.05) is 13.6 Å². The fourth-order valence-corrected chi connectivity index (χ4v) is 2.17. The molecular weight excluding hydrogens is 299 g/mol. The van der Waals surface area contributed by atoms with Gasteiger partial charge in [0.15, 0.2) is 0 Å². The Hall–Kier alpha value is -2.11. The highest BCUT2D eigenvalue weighted by atomic mass is 19.1. The van der Waals surface area contributed by atoms with Gasteiger partial charge in [-0.2, -0.15) is 0 Å². The monoisotopic (exact) mass is 324 g/mol. The van der Waals surface area contributed by atoms with Gasteiger partial charge in [0.05, 0.1) is 5.92 Å². The Labute approximate surface area is 136 Å². The zero-order chi connectivity index (χ0) is 17.6. The molecule has 0 saturated carbocycles. The molecule has 0 aliphatic carbocycles. The highest BCUT2D eigenvalue weighted by molar-refractivity contribution is 5.76. The van der Waals surface area contributed by atoms with Gasteiger partial charge in [-0.25, -0.2) is 9.18 Å². The van der Waals surface area contributed by atoms with E-state index in [1.165, 1.54) is 17.0 Å². The van der Waals surface area contributed by atoms with Crippen LogP contribution in [0.5, 0.6) is 0 Å². The number of benzene rings is 1. The average molecular weight is 324 g/mol. The molecule has 128 valence electrons. The molecule has 23 heavy (non-hydrogen) atoms. The quantitative estimate of drug-likeness (QED) is 0.810. The van der Waals surface area contributed by atoms with Crippen LogP contribution in [0.4, 0.5) is 9.18 Å². The number of urea groups is 1. The number of nitrogens with zero attached hydrogens (tertiary/aromatic N) is 1. The summed E-state index contributed by atoms with van der Waals surface area (Å²) in [6, 6.07) is 5.78. The summed E-state index contributed by atoms with van der Waals surface area (Å²) < 4.78 is 13.0. The summed E-state index contributed by atoms with van der Waals surface area (Å²) in [6.45, 7) is 5.69. The molecule has 5 nitrogen and oxygen atoms in total. The molecule has 0 fully saturated rings. The van der Waals surface area contributed by atoms with Crippen LogP contribution < -0.4 is 5.32 Å². The molecule has 0 radical (unpaired) electrons. The van der Waals surface area contributed by atoms with E-state index in [0.29, 0.717) is 6.42 Å². The first-order valence-corrected chi connectivity index (χ1v) is 7.69. The molecule has 0 aliphatic rings. The molecule has 0 spiro atoms. The van der Waals surface area contributed by atoms with E-state index >= 15 is 0 Å². The lowest BCUT2D eigenvalue weighted by Gasteiger charge is -2.27. The van der Waals surface area contributed by atoms with E-state index in [9.17, 15) is 14.0 Å². The average Bonchev–Trinajstić information content (AvgIpc) is 2.48. The minimum atomic E-state index is -0.934. The van der Waals surface area contributed by atoms with E-state index in [4.69, 9.17) is 5.11 Å². The van der Waals surface area contributed by atoms with Crippen LogP contribution in [-0.4, -0.2) is 41.6 Å². The zero-order valence-corrected chi connectivity index (χ0v) is 14.0. The number of hydrogen-bond donors (Lipinski definition) is 2. The molecule has 0 bridgehead atoms. The molecule has 1 aromatic carbocycles. The Morgan fingerprint density at radius 2 is 1.78 bits per heavy atom. The van der Waals surface area contributed by atoms with Crippen molar-refractivity contribution in [1.82, 2.24) is 10.2 Å². The Morgan fingerprint density at radius 1 is 1.22 bits per heavy atom. The number of hydrogen-bond acceptors (Lipinski definition) is 2. The lowest BCUT2D eigenvalue weighted by molar-refractivity contribution is -0.141.